The van der Waals surface area contributed by atoms with E-state index in [4.69, 9.17) is 10.5 Å². The number of fused-ring (bicyclic) bond motifs is 1. The van der Waals surface area contributed by atoms with Crippen molar-refractivity contribution in [2.24, 2.45) is 11.7 Å². The van der Waals surface area contributed by atoms with Gasteiger partial charge in [0.15, 0.2) is 5.13 Å². The number of aromatic nitrogens is 2. The minimum absolute atomic E-state index is 0.118. The third kappa shape index (κ3) is 3.18. The van der Waals surface area contributed by atoms with Gasteiger partial charge in [0.25, 0.3) is 5.91 Å². The smallest absolute Gasteiger partial charge is 0.265 e. The summed E-state index contributed by atoms with van der Waals surface area (Å²) in [6.45, 7) is 0.348. The molecular formula is C18H16N4O3S. The second-order valence-corrected chi connectivity index (χ2v) is 6.87. The maximum Gasteiger partial charge on any atom is 0.265 e. The molecule has 0 unspecified atom stereocenters. The Bertz CT molecular complexity index is 978. The van der Waals surface area contributed by atoms with Crippen molar-refractivity contribution in [3.8, 4) is 17.0 Å². The molecule has 0 saturated heterocycles. The number of amides is 2. The summed E-state index contributed by atoms with van der Waals surface area (Å²) in [5, 5.41) is 5.17. The first-order valence-electron chi connectivity index (χ1n) is 8.06. The summed E-state index contributed by atoms with van der Waals surface area (Å²) in [5.41, 5.74) is 7.99. The molecule has 3 aromatic rings. The molecule has 2 amide bonds. The molecule has 2 aromatic heterocycles. The number of aromatic amines is 1. The highest BCUT2D eigenvalue weighted by Crippen LogP contribution is 2.29. The fourth-order valence-corrected chi connectivity index (χ4v) is 3.57. The van der Waals surface area contributed by atoms with Gasteiger partial charge in [-0.25, -0.2) is 4.98 Å². The number of primary amides is 1. The molecule has 132 valence electrons. The second-order valence-electron chi connectivity index (χ2n) is 6.01. The fourth-order valence-electron chi connectivity index (χ4n) is 2.85. The molecule has 1 aromatic carbocycles. The summed E-state index contributed by atoms with van der Waals surface area (Å²) in [6.07, 6.45) is 2.30. The van der Waals surface area contributed by atoms with E-state index in [1.165, 1.54) is 11.3 Å². The maximum atomic E-state index is 12.5. The average molecular weight is 368 g/mol. The van der Waals surface area contributed by atoms with Gasteiger partial charge in [0.2, 0.25) is 5.91 Å². The number of carbonyl (C=O) groups excluding carboxylic acids is 2. The van der Waals surface area contributed by atoms with Gasteiger partial charge in [-0.2, -0.15) is 0 Å². The van der Waals surface area contributed by atoms with Crippen LogP contribution >= 0.6 is 11.3 Å². The molecule has 1 aliphatic rings. The molecule has 8 heteroatoms. The van der Waals surface area contributed by atoms with E-state index in [-0.39, 0.29) is 11.8 Å². The number of H-pyrrole nitrogens is 1. The summed E-state index contributed by atoms with van der Waals surface area (Å²) in [6, 6.07) is 9.37. The number of benzene rings is 1. The van der Waals surface area contributed by atoms with Crippen LogP contribution < -0.4 is 15.8 Å². The number of hydrogen-bond donors (Lipinski definition) is 3. The number of nitrogens with zero attached hydrogens (tertiary/aromatic N) is 1. The van der Waals surface area contributed by atoms with Crippen molar-refractivity contribution in [1.29, 1.82) is 0 Å². The van der Waals surface area contributed by atoms with Crippen LogP contribution in [-0.2, 0) is 11.2 Å². The Balaban J connectivity index is 1.44. The predicted molar refractivity (Wildman–Crippen MR) is 98.2 cm³/mol. The van der Waals surface area contributed by atoms with Crippen molar-refractivity contribution in [1.82, 2.24) is 9.97 Å². The van der Waals surface area contributed by atoms with E-state index >= 15 is 0 Å². The van der Waals surface area contributed by atoms with Crippen LogP contribution in [0.3, 0.4) is 0 Å². The number of anilines is 1. The van der Waals surface area contributed by atoms with E-state index < -0.39 is 5.91 Å². The molecule has 4 rings (SSSR count). The van der Waals surface area contributed by atoms with Gasteiger partial charge in [-0.15, -0.1) is 11.3 Å². The molecule has 0 saturated carbocycles. The molecule has 0 bridgehead atoms. The van der Waals surface area contributed by atoms with Crippen molar-refractivity contribution in [3.63, 3.8) is 0 Å². The van der Waals surface area contributed by atoms with Crippen LogP contribution in [0.5, 0.6) is 5.75 Å². The van der Waals surface area contributed by atoms with Crippen LogP contribution in [0.25, 0.3) is 11.3 Å². The Morgan fingerprint density at radius 1 is 1.35 bits per heavy atom. The Kier molecular flexibility index (Phi) is 4.18. The Morgan fingerprint density at radius 3 is 3.00 bits per heavy atom. The van der Waals surface area contributed by atoms with Crippen molar-refractivity contribution in [2.75, 3.05) is 11.9 Å². The Hall–Kier alpha value is -3.13. The first-order chi connectivity index (χ1) is 12.6. The third-order valence-electron chi connectivity index (χ3n) is 4.23. The van der Waals surface area contributed by atoms with E-state index in [0.717, 1.165) is 16.9 Å². The molecule has 1 atom stereocenters. The van der Waals surface area contributed by atoms with E-state index in [1.54, 1.807) is 12.3 Å². The van der Waals surface area contributed by atoms with Gasteiger partial charge in [-0.05, 0) is 24.1 Å². The third-order valence-corrected chi connectivity index (χ3v) is 4.99. The number of para-hydroxylation sites is 1. The second kappa shape index (κ2) is 6.64. The van der Waals surface area contributed by atoms with E-state index in [2.05, 4.69) is 15.3 Å². The molecule has 0 radical (unpaired) electrons. The average Bonchev–Trinajstić information content (AvgIpc) is 3.30. The van der Waals surface area contributed by atoms with Gasteiger partial charge in [-0.1, -0.05) is 18.2 Å². The van der Waals surface area contributed by atoms with Crippen molar-refractivity contribution in [2.45, 2.75) is 6.42 Å². The van der Waals surface area contributed by atoms with Crippen LogP contribution in [0.1, 0.15) is 16.1 Å². The van der Waals surface area contributed by atoms with Crippen LogP contribution in [-0.4, -0.2) is 28.4 Å². The first-order valence-corrected chi connectivity index (χ1v) is 8.94. The van der Waals surface area contributed by atoms with Crippen molar-refractivity contribution in [3.05, 3.63) is 53.2 Å². The molecule has 26 heavy (non-hydrogen) atoms. The van der Waals surface area contributed by atoms with Crippen LogP contribution in [0, 0.1) is 5.92 Å². The minimum atomic E-state index is -0.530. The van der Waals surface area contributed by atoms with Crippen LogP contribution in [0.15, 0.2) is 41.9 Å². The number of rotatable bonds is 4. The molecule has 4 N–H and O–H groups in total. The Morgan fingerprint density at radius 2 is 2.19 bits per heavy atom. The lowest BCUT2D eigenvalue weighted by atomic mass is 9.96. The molecule has 3 heterocycles. The van der Waals surface area contributed by atoms with Gasteiger partial charge in [-0.3, -0.25) is 9.59 Å². The van der Waals surface area contributed by atoms with Gasteiger partial charge >= 0.3 is 0 Å². The highest BCUT2D eigenvalue weighted by Gasteiger charge is 2.26. The summed E-state index contributed by atoms with van der Waals surface area (Å²) >= 11 is 1.33. The largest absolute Gasteiger partial charge is 0.492 e. The van der Waals surface area contributed by atoms with Crippen LogP contribution in [0.4, 0.5) is 5.13 Å². The molecule has 0 fully saturated rings. The quantitative estimate of drug-likeness (QED) is 0.657. The summed E-state index contributed by atoms with van der Waals surface area (Å²) < 4.78 is 5.67. The van der Waals surface area contributed by atoms with Gasteiger partial charge in [0.1, 0.15) is 18.1 Å². The monoisotopic (exact) mass is 368 g/mol. The fraction of sp³-hybridized carbons (Fsp3) is 0.167. The summed E-state index contributed by atoms with van der Waals surface area (Å²) in [7, 11) is 0. The zero-order chi connectivity index (χ0) is 18.1. The van der Waals surface area contributed by atoms with Crippen molar-refractivity contribution < 1.29 is 14.3 Å². The van der Waals surface area contributed by atoms with Gasteiger partial charge in [0, 0.05) is 17.1 Å². The first kappa shape index (κ1) is 16.3. The SMILES string of the molecule is NC(=O)c1cc(-c2csc(NC(=O)[C@@H]3COc4ccccc4C3)n2)c[nH]1. The zero-order valence-electron chi connectivity index (χ0n) is 13.7. The number of nitrogens with two attached hydrogens (primary N) is 1. The summed E-state index contributed by atoms with van der Waals surface area (Å²) in [5.74, 6) is -0.0679. The van der Waals surface area contributed by atoms with Gasteiger partial charge in [0.05, 0.1) is 11.6 Å². The van der Waals surface area contributed by atoms with E-state index in [9.17, 15) is 9.59 Å². The van der Waals surface area contributed by atoms with Gasteiger partial charge < -0.3 is 20.8 Å². The van der Waals surface area contributed by atoms with Crippen LogP contribution in [0.2, 0.25) is 0 Å². The number of nitrogens with one attached hydrogen (secondary N) is 2. The maximum absolute atomic E-state index is 12.5. The molecule has 0 spiro atoms. The lowest BCUT2D eigenvalue weighted by Gasteiger charge is -2.24. The lowest BCUT2D eigenvalue weighted by molar-refractivity contribution is -0.121. The van der Waals surface area contributed by atoms with Crippen molar-refractivity contribution >= 4 is 28.3 Å². The standard InChI is InChI=1S/C18H16N4O3S/c19-16(23)13-6-11(7-20-13)14-9-26-18(21-14)22-17(24)12-5-10-3-1-2-4-15(10)25-8-12/h1-4,6-7,9,12,20H,5,8H2,(H2,19,23)(H,21,22,24)/t12-/m0/s1. The van der Waals surface area contributed by atoms with E-state index in [1.807, 2.05) is 29.6 Å². The summed E-state index contributed by atoms with van der Waals surface area (Å²) in [4.78, 5) is 30.9. The Labute approximate surface area is 153 Å². The number of ether oxygens (including phenoxy) is 1. The topological polar surface area (TPSA) is 110 Å². The lowest BCUT2D eigenvalue weighted by Crippen LogP contribution is -2.32. The number of carbonyl (C=O) groups is 2. The molecule has 7 nitrogen and oxygen atoms in total. The highest BCUT2D eigenvalue weighted by atomic mass is 32.1. The molecule has 1 aliphatic heterocycles. The normalized spacial score (nSPS) is 15.8. The number of hydrogen-bond acceptors (Lipinski definition) is 5. The highest BCUT2D eigenvalue weighted by molar-refractivity contribution is 7.14. The predicted octanol–water partition coefficient (Wildman–Crippen LogP) is 2.43. The zero-order valence-corrected chi connectivity index (χ0v) is 14.5. The number of thiazole rings is 1. The molecular weight excluding hydrogens is 352 g/mol. The molecule has 0 aliphatic carbocycles. The minimum Gasteiger partial charge on any atom is -0.492 e. The van der Waals surface area contributed by atoms with E-state index in [0.29, 0.717) is 29.5 Å².